The van der Waals surface area contributed by atoms with E-state index >= 15 is 0 Å². The van der Waals surface area contributed by atoms with Gasteiger partial charge in [0.15, 0.2) is 0 Å². The van der Waals surface area contributed by atoms with Gasteiger partial charge in [-0.15, -0.1) is 0 Å². The molecule has 2 saturated heterocycles. The molecule has 2 aliphatic rings. The third kappa shape index (κ3) is 5.22. The van der Waals surface area contributed by atoms with Crippen molar-refractivity contribution < 1.29 is 14.3 Å². The molecule has 2 aliphatic heterocycles. The maximum absolute atomic E-state index is 12.8. The smallest absolute Gasteiger partial charge is 0.225 e. The Labute approximate surface area is 161 Å². The van der Waals surface area contributed by atoms with Crippen LogP contribution < -0.4 is 10.5 Å². The number of nitrogens with zero attached hydrogens (tertiary/aromatic N) is 2. The standard InChI is InChI=1S/C21H31N3O3/c1-2-27-19-5-3-4-16(14-19)15-23-10-6-18(7-11-23)21(26)24-12-8-17(9-13-24)20(22)25/h3-5,14,17-18H,2,6-13,15H2,1H3,(H2,22,25). The lowest BCUT2D eigenvalue weighted by Gasteiger charge is -2.36. The number of primary amides is 1. The van der Waals surface area contributed by atoms with Crippen molar-refractivity contribution in [2.75, 3.05) is 32.8 Å². The summed E-state index contributed by atoms with van der Waals surface area (Å²) < 4.78 is 5.58. The normalized spacial score (nSPS) is 19.8. The molecule has 0 atom stereocenters. The fraction of sp³-hybridized carbons (Fsp3) is 0.619. The van der Waals surface area contributed by atoms with Gasteiger partial charge in [0.2, 0.25) is 11.8 Å². The van der Waals surface area contributed by atoms with Crippen molar-refractivity contribution in [2.45, 2.75) is 39.2 Å². The van der Waals surface area contributed by atoms with E-state index in [9.17, 15) is 9.59 Å². The van der Waals surface area contributed by atoms with Gasteiger partial charge < -0.3 is 15.4 Å². The number of hydrogen-bond donors (Lipinski definition) is 1. The van der Waals surface area contributed by atoms with Crippen molar-refractivity contribution in [3.63, 3.8) is 0 Å². The van der Waals surface area contributed by atoms with E-state index in [0.717, 1.165) is 38.2 Å². The lowest BCUT2D eigenvalue weighted by Crippen LogP contribution is -2.46. The second-order valence-electron chi connectivity index (χ2n) is 7.63. The van der Waals surface area contributed by atoms with Gasteiger partial charge in [-0.3, -0.25) is 14.5 Å². The van der Waals surface area contributed by atoms with Crippen LogP contribution in [0.25, 0.3) is 0 Å². The zero-order chi connectivity index (χ0) is 19.2. The Morgan fingerprint density at radius 1 is 1.07 bits per heavy atom. The maximum Gasteiger partial charge on any atom is 0.225 e. The number of carbonyl (C=O) groups excluding carboxylic acids is 2. The molecular formula is C21H31N3O3. The minimum absolute atomic E-state index is 0.0663. The van der Waals surface area contributed by atoms with Crippen LogP contribution in [0.5, 0.6) is 5.75 Å². The second kappa shape index (κ2) is 9.22. The molecule has 0 radical (unpaired) electrons. The molecule has 0 unspecified atom stereocenters. The maximum atomic E-state index is 12.8. The van der Waals surface area contributed by atoms with Gasteiger partial charge in [-0.2, -0.15) is 0 Å². The van der Waals surface area contributed by atoms with Crippen molar-refractivity contribution in [1.82, 2.24) is 9.80 Å². The summed E-state index contributed by atoms with van der Waals surface area (Å²) in [5.74, 6) is 0.989. The summed E-state index contributed by atoms with van der Waals surface area (Å²) in [7, 11) is 0. The van der Waals surface area contributed by atoms with E-state index in [0.29, 0.717) is 32.5 Å². The number of carbonyl (C=O) groups is 2. The van der Waals surface area contributed by atoms with E-state index in [1.165, 1.54) is 5.56 Å². The Balaban J connectivity index is 1.45. The van der Waals surface area contributed by atoms with Gasteiger partial charge in [-0.05, 0) is 63.4 Å². The second-order valence-corrected chi connectivity index (χ2v) is 7.63. The Morgan fingerprint density at radius 3 is 2.37 bits per heavy atom. The molecule has 148 valence electrons. The molecule has 2 N–H and O–H groups in total. The van der Waals surface area contributed by atoms with E-state index in [1.807, 2.05) is 24.0 Å². The minimum atomic E-state index is -0.233. The van der Waals surface area contributed by atoms with Crippen molar-refractivity contribution in [2.24, 2.45) is 17.6 Å². The van der Waals surface area contributed by atoms with Crippen LogP contribution >= 0.6 is 0 Å². The summed E-state index contributed by atoms with van der Waals surface area (Å²) in [6, 6.07) is 8.25. The van der Waals surface area contributed by atoms with E-state index < -0.39 is 0 Å². The fourth-order valence-corrected chi connectivity index (χ4v) is 4.14. The van der Waals surface area contributed by atoms with Gasteiger partial charge in [0.1, 0.15) is 5.75 Å². The van der Waals surface area contributed by atoms with Crippen LogP contribution in [0.1, 0.15) is 38.2 Å². The van der Waals surface area contributed by atoms with Crippen LogP contribution in [0.3, 0.4) is 0 Å². The fourth-order valence-electron chi connectivity index (χ4n) is 4.14. The molecule has 1 aromatic carbocycles. The average Bonchev–Trinajstić information content (AvgIpc) is 2.69. The zero-order valence-corrected chi connectivity index (χ0v) is 16.2. The molecule has 27 heavy (non-hydrogen) atoms. The molecule has 6 nitrogen and oxygen atoms in total. The molecule has 6 heteroatoms. The van der Waals surface area contributed by atoms with Gasteiger partial charge in [0, 0.05) is 31.5 Å². The summed E-state index contributed by atoms with van der Waals surface area (Å²) in [5.41, 5.74) is 6.63. The summed E-state index contributed by atoms with van der Waals surface area (Å²) in [4.78, 5) is 28.4. The molecule has 2 heterocycles. The molecule has 0 saturated carbocycles. The lowest BCUT2D eigenvalue weighted by molar-refractivity contribution is -0.140. The number of piperidine rings is 2. The lowest BCUT2D eigenvalue weighted by atomic mass is 9.91. The molecule has 0 bridgehead atoms. The Kier molecular flexibility index (Phi) is 6.72. The third-order valence-corrected chi connectivity index (χ3v) is 5.76. The molecule has 0 aromatic heterocycles. The highest BCUT2D eigenvalue weighted by molar-refractivity contribution is 5.80. The predicted octanol–water partition coefficient (Wildman–Crippen LogP) is 2.02. The molecule has 0 aliphatic carbocycles. The molecule has 2 amide bonds. The van der Waals surface area contributed by atoms with Crippen LogP contribution in [0.2, 0.25) is 0 Å². The largest absolute Gasteiger partial charge is 0.494 e. The highest BCUT2D eigenvalue weighted by Crippen LogP contribution is 2.25. The zero-order valence-electron chi connectivity index (χ0n) is 16.2. The SMILES string of the molecule is CCOc1cccc(CN2CCC(C(=O)N3CCC(C(N)=O)CC3)CC2)c1. The number of likely N-dealkylation sites (tertiary alicyclic amines) is 2. The highest BCUT2D eigenvalue weighted by atomic mass is 16.5. The first-order valence-corrected chi connectivity index (χ1v) is 10.1. The van der Waals surface area contributed by atoms with Gasteiger partial charge in [-0.25, -0.2) is 0 Å². The molecular weight excluding hydrogens is 342 g/mol. The van der Waals surface area contributed by atoms with Gasteiger partial charge >= 0.3 is 0 Å². The van der Waals surface area contributed by atoms with Crippen molar-refractivity contribution in [3.05, 3.63) is 29.8 Å². The number of rotatable bonds is 6. The highest BCUT2D eigenvalue weighted by Gasteiger charge is 2.32. The molecule has 0 spiro atoms. The summed E-state index contributed by atoms with van der Waals surface area (Å²) >= 11 is 0. The Bertz CT molecular complexity index is 648. The first-order valence-electron chi connectivity index (χ1n) is 10.1. The van der Waals surface area contributed by atoms with Crippen molar-refractivity contribution >= 4 is 11.8 Å². The van der Waals surface area contributed by atoms with Crippen LogP contribution in [0, 0.1) is 11.8 Å². The number of nitrogens with two attached hydrogens (primary N) is 1. The van der Waals surface area contributed by atoms with E-state index in [2.05, 4.69) is 17.0 Å². The van der Waals surface area contributed by atoms with E-state index in [4.69, 9.17) is 10.5 Å². The first kappa shape index (κ1) is 19.7. The number of amides is 2. The third-order valence-electron chi connectivity index (χ3n) is 5.76. The summed E-state index contributed by atoms with van der Waals surface area (Å²) in [6.07, 6.45) is 3.21. The van der Waals surface area contributed by atoms with E-state index in [1.54, 1.807) is 0 Å². The monoisotopic (exact) mass is 373 g/mol. The van der Waals surface area contributed by atoms with Crippen LogP contribution in [-0.4, -0.2) is 54.4 Å². The first-order chi connectivity index (χ1) is 13.1. The molecule has 2 fully saturated rings. The van der Waals surface area contributed by atoms with Crippen LogP contribution in [-0.2, 0) is 16.1 Å². The summed E-state index contributed by atoms with van der Waals surface area (Å²) in [6.45, 7) is 6.76. The number of ether oxygens (including phenoxy) is 1. The van der Waals surface area contributed by atoms with Crippen LogP contribution in [0.15, 0.2) is 24.3 Å². The van der Waals surface area contributed by atoms with Crippen molar-refractivity contribution in [3.8, 4) is 5.75 Å². The summed E-state index contributed by atoms with van der Waals surface area (Å²) in [5, 5.41) is 0. The minimum Gasteiger partial charge on any atom is -0.494 e. The Morgan fingerprint density at radius 2 is 1.74 bits per heavy atom. The van der Waals surface area contributed by atoms with Gasteiger partial charge in [0.05, 0.1) is 6.61 Å². The van der Waals surface area contributed by atoms with Crippen LogP contribution in [0.4, 0.5) is 0 Å². The predicted molar refractivity (Wildman–Crippen MR) is 104 cm³/mol. The van der Waals surface area contributed by atoms with Gasteiger partial charge in [0.25, 0.3) is 0 Å². The topological polar surface area (TPSA) is 75.9 Å². The molecule has 1 aromatic rings. The van der Waals surface area contributed by atoms with E-state index in [-0.39, 0.29) is 23.7 Å². The number of hydrogen-bond acceptors (Lipinski definition) is 4. The Hall–Kier alpha value is -2.08. The quantitative estimate of drug-likeness (QED) is 0.828. The van der Waals surface area contributed by atoms with Crippen molar-refractivity contribution in [1.29, 1.82) is 0 Å². The van der Waals surface area contributed by atoms with Gasteiger partial charge in [-0.1, -0.05) is 12.1 Å². The molecule has 3 rings (SSSR count). The average molecular weight is 373 g/mol. The number of benzene rings is 1.